The monoisotopic (exact) mass is 262 g/mol. The molecule has 0 saturated carbocycles. The van der Waals surface area contributed by atoms with Gasteiger partial charge >= 0.3 is 0 Å². The fourth-order valence-corrected chi connectivity index (χ4v) is 3.28. The van der Waals surface area contributed by atoms with Crippen molar-refractivity contribution < 1.29 is 9.47 Å². The second-order valence-corrected chi connectivity index (χ2v) is 5.74. The summed E-state index contributed by atoms with van der Waals surface area (Å²) in [6.07, 6.45) is 1.91. The van der Waals surface area contributed by atoms with E-state index < -0.39 is 0 Å². The average molecular weight is 262 g/mol. The number of ether oxygens (including phenoxy) is 2. The molecular weight excluding hydrogens is 240 g/mol. The Morgan fingerprint density at radius 3 is 3.05 bits per heavy atom. The fraction of sp³-hybridized carbons (Fsp3) is 0.600. The van der Waals surface area contributed by atoms with Crippen LogP contribution in [0.15, 0.2) is 18.2 Å². The van der Waals surface area contributed by atoms with Crippen LogP contribution in [0.1, 0.15) is 31.4 Å². The van der Waals surface area contributed by atoms with E-state index in [9.17, 15) is 0 Å². The van der Waals surface area contributed by atoms with Crippen LogP contribution in [0.3, 0.4) is 0 Å². The summed E-state index contributed by atoms with van der Waals surface area (Å²) in [4.78, 5) is 0. The zero-order valence-corrected chi connectivity index (χ0v) is 11.6. The van der Waals surface area contributed by atoms with Gasteiger partial charge in [0.15, 0.2) is 0 Å². The first-order valence-corrected chi connectivity index (χ1v) is 6.98. The number of hydrogen-bond donors (Lipinski definition) is 2. The molecule has 4 nitrogen and oxygen atoms in total. The van der Waals surface area contributed by atoms with Gasteiger partial charge in [-0.2, -0.15) is 0 Å². The standard InChI is InChI=1S/C15H22N2O2/c1-10-9-17-6-5-15(10)8-13(16)12-7-11(18-2)3-4-14(12)19-15/h3-4,7,10,13,17H,5-6,8-9,16H2,1-2H3/t10?,13-,15?/m0/s1. The summed E-state index contributed by atoms with van der Waals surface area (Å²) >= 11 is 0. The first-order chi connectivity index (χ1) is 9.14. The summed E-state index contributed by atoms with van der Waals surface area (Å²) in [5, 5.41) is 3.42. The van der Waals surface area contributed by atoms with Crippen molar-refractivity contribution >= 4 is 0 Å². The zero-order chi connectivity index (χ0) is 13.5. The summed E-state index contributed by atoms with van der Waals surface area (Å²) in [7, 11) is 1.67. The van der Waals surface area contributed by atoms with E-state index in [-0.39, 0.29) is 11.6 Å². The molecular formula is C15H22N2O2. The Bertz CT molecular complexity index is 477. The van der Waals surface area contributed by atoms with E-state index in [0.29, 0.717) is 5.92 Å². The molecule has 1 aromatic carbocycles. The molecule has 1 aromatic rings. The van der Waals surface area contributed by atoms with Crippen molar-refractivity contribution in [2.75, 3.05) is 20.2 Å². The van der Waals surface area contributed by atoms with Crippen molar-refractivity contribution in [1.29, 1.82) is 0 Å². The number of benzene rings is 1. The first kappa shape index (κ1) is 12.8. The second kappa shape index (κ2) is 4.69. The molecule has 104 valence electrons. The molecule has 1 fully saturated rings. The van der Waals surface area contributed by atoms with Crippen LogP contribution in [0, 0.1) is 5.92 Å². The molecule has 0 aromatic heterocycles. The van der Waals surface area contributed by atoms with Crippen molar-refractivity contribution in [3.63, 3.8) is 0 Å². The molecule has 0 bridgehead atoms. The molecule has 2 aliphatic heterocycles. The lowest BCUT2D eigenvalue weighted by Gasteiger charge is -2.47. The van der Waals surface area contributed by atoms with Gasteiger partial charge in [0, 0.05) is 30.5 Å². The summed E-state index contributed by atoms with van der Waals surface area (Å²) in [5.41, 5.74) is 7.34. The molecule has 2 aliphatic rings. The number of piperidine rings is 1. The van der Waals surface area contributed by atoms with Crippen molar-refractivity contribution in [3.8, 4) is 11.5 Å². The highest BCUT2D eigenvalue weighted by Crippen LogP contribution is 2.45. The highest BCUT2D eigenvalue weighted by Gasteiger charge is 2.45. The SMILES string of the molecule is COc1ccc2c(c1)[C@@H](N)CC1(CCNCC1C)O2. The van der Waals surface area contributed by atoms with Gasteiger partial charge in [0.2, 0.25) is 0 Å². The van der Waals surface area contributed by atoms with Crippen molar-refractivity contribution in [1.82, 2.24) is 5.32 Å². The van der Waals surface area contributed by atoms with Crippen LogP contribution in [0.5, 0.6) is 11.5 Å². The summed E-state index contributed by atoms with van der Waals surface area (Å²) in [5.74, 6) is 2.24. The van der Waals surface area contributed by atoms with Crippen LogP contribution in [-0.2, 0) is 0 Å². The molecule has 2 heterocycles. The number of methoxy groups -OCH3 is 1. The minimum atomic E-state index is -0.105. The maximum atomic E-state index is 6.38. The largest absolute Gasteiger partial charge is 0.497 e. The maximum Gasteiger partial charge on any atom is 0.125 e. The Kier molecular flexibility index (Phi) is 3.15. The average Bonchev–Trinajstić information content (AvgIpc) is 2.42. The lowest BCUT2D eigenvalue weighted by atomic mass is 9.75. The molecule has 0 radical (unpaired) electrons. The van der Waals surface area contributed by atoms with Gasteiger partial charge in [-0.3, -0.25) is 0 Å². The van der Waals surface area contributed by atoms with Gasteiger partial charge in [0.05, 0.1) is 7.11 Å². The zero-order valence-electron chi connectivity index (χ0n) is 11.6. The number of fused-ring (bicyclic) bond motifs is 1. The predicted molar refractivity (Wildman–Crippen MR) is 74.5 cm³/mol. The fourth-order valence-electron chi connectivity index (χ4n) is 3.28. The van der Waals surface area contributed by atoms with E-state index in [1.54, 1.807) is 7.11 Å². The number of rotatable bonds is 1. The summed E-state index contributed by atoms with van der Waals surface area (Å²) < 4.78 is 11.6. The maximum absolute atomic E-state index is 6.38. The van der Waals surface area contributed by atoms with Gasteiger partial charge in [0.1, 0.15) is 17.1 Å². The van der Waals surface area contributed by atoms with Crippen molar-refractivity contribution in [2.24, 2.45) is 11.7 Å². The van der Waals surface area contributed by atoms with E-state index in [1.165, 1.54) is 0 Å². The number of nitrogens with two attached hydrogens (primary N) is 1. The van der Waals surface area contributed by atoms with Gasteiger partial charge in [-0.25, -0.2) is 0 Å². The molecule has 3 atom stereocenters. The third-order valence-electron chi connectivity index (χ3n) is 4.57. The van der Waals surface area contributed by atoms with E-state index in [4.69, 9.17) is 15.2 Å². The van der Waals surface area contributed by atoms with E-state index in [1.807, 2.05) is 18.2 Å². The predicted octanol–water partition coefficient (Wildman–Crippen LogP) is 1.85. The van der Waals surface area contributed by atoms with Gasteiger partial charge < -0.3 is 20.5 Å². The van der Waals surface area contributed by atoms with Gasteiger partial charge in [-0.1, -0.05) is 6.92 Å². The highest BCUT2D eigenvalue weighted by atomic mass is 16.5. The molecule has 0 aliphatic carbocycles. The van der Waals surface area contributed by atoms with Crippen LogP contribution in [-0.4, -0.2) is 25.8 Å². The molecule has 4 heteroatoms. The quantitative estimate of drug-likeness (QED) is 0.811. The van der Waals surface area contributed by atoms with Crippen LogP contribution < -0.4 is 20.5 Å². The Morgan fingerprint density at radius 2 is 2.32 bits per heavy atom. The van der Waals surface area contributed by atoms with E-state index >= 15 is 0 Å². The van der Waals surface area contributed by atoms with E-state index in [0.717, 1.165) is 43.0 Å². The van der Waals surface area contributed by atoms with Crippen molar-refractivity contribution in [2.45, 2.75) is 31.4 Å². The Labute approximate surface area is 114 Å². The van der Waals surface area contributed by atoms with Crippen LogP contribution in [0.25, 0.3) is 0 Å². The number of hydrogen-bond acceptors (Lipinski definition) is 4. The Morgan fingerprint density at radius 1 is 1.47 bits per heavy atom. The lowest BCUT2D eigenvalue weighted by Crippen LogP contribution is -2.55. The topological polar surface area (TPSA) is 56.5 Å². The van der Waals surface area contributed by atoms with Crippen LogP contribution in [0.2, 0.25) is 0 Å². The smallest absolute Gasteiger partial charge is 0.125 e. The second-order valence-electron chi connectivity index (χ2n) is 5.74. The van der Waals surface area contributed by atoms with Gasteiger partial charge in [-0.15, -0.1) is 0 Å². The minimum Gasteiger partial charge on any atom is -0.497 e. The molecule has 3 rings (SSSR count). The van der Waals surface area contributed by atoms with E-state index in [2.05, 4.69) is 12.2 Å². The normalized spacial score (nSPS) is 33.6. The summed E-state index contributed by atoms with van der Waals surface area (Å²) in [6, 6.07) is 5.96. The van der Waals surface area contributed by atoms with Gasteiger partial charge in [0.25, 0.3) is 0 Å². The Balaban J connectivity index is 1.95. The lowest BCUT2D eigenvalue weighted by molar-refractivity contribution is -0.0336. The third kappa shape index (κ3) is 2.09. The molecule has 3 N–H and O–H groups in total. The Hall–Kier alpha value is -1.26. The van der Waals surface area contributed by atoms with Gasteiger partial charge in [-0.05, 0) is 31.2 Å². The van der Waals surface area contributed by atoms with Crippen molar-refractivity contribution in [3.05, 3.63) is 23.8 Å². The first-order valence-electron chi connectivity index (χ1n) is 6.98. The highest BCUT2D eigenvalue weighted by molar-refractivity contribution is 5.44. The third-order valence-corrected chi connectivity index (χ3v) is 4.57. The van der Waals surface area contributed by atoms with Crippen LogP contribution >= 0.6 is 0 Å². The molecule has 1 saturated heterocycles. The number of nitrogens with one attached hydrogen (secondary N) is 1. The molecule has 1 spiro atoms. The molecule has 2 unspecified atom stereocenters. The molecule has 19 heavy (non-hydrogen) atoms. The molecule has 0 amide bonds. The minimum absolute atomic E-state index is 0.0272. The summed E-state index contributed by atoms with van der Waals surface area (Å²) in [6.45, 7) is 4.24. The van der Waals surface area contributed by atoms with Crippen LogP contribution in [0.4, 0.5) is 0 Å².